The second-order valence-electron chi connectivity index (χ2n) is 4.57. The van der Waals surface area contributed by atoms with E-state index in [-0.39, 0.29) is 11.6 Å². The van der Waals surface area contributed by atoms with Gasteiger partial charge in [0, 0.05) is 11.4 Å². The molecule has 2 aromatic rings. The number of carboxylic acid groups (broad SMARTS) is 1. The van der Waals surface area contributed by atoms with E-state index < -0.39 is 5.97 Å². The minimum Gasteiger partial charge on any atom is -0.477 e. The lowest BCUT2D eigenvalue weighted by Crippen LogP contribution is -2.14. The van der Waals surface area contributed by atoms with E-state index in [0.717, 1.165) is 5.69 Å². The molecule has 0 aliphatic carbocycles. The SMILES string of the molecule is Cc1ccc(NC(=O)c2c(C)[nH]c(C(=O)O)c2C)cn1. The summed E-state index contributed by atoms with van der Waals surface area (Å²) in [6.45, 7) is 5.13. The highest BCUT2D eigenvalue weighted by Gasteiger charge is 2.21. The summed E-state index contributed by atoms with van der Waals surface area (Å²) in [6, 6.07) is 3.53. The van der Waals surface area contributed by atoms with E-state index in [4.69, 9.17) is 5.11 Å². The summed E-state index contributed by atoms with van der Waals surface area (Å²) in [5.41, 5.74) is 2.75. The Morgan fingerprint density at radius 3 is 2.45 bits per heavy atom. The summed E-state index contributed by atoms with van der Waals surface area (Å²) in [5.74, 6) is -1.43. The van der Waals surface area contributed by atoms with E-state index >= 15 is 0 Å². The molecule has 0 saturated heterocycles. The van der Waals surface area contributed by atoms with E-state index in [1.165, 1.54) is 0 Å². The van der Waals surface area contributed by atoms with E-state index in [1.807, 2.05) is 6.92 Å². The number of aryl methyl sites for hydroxylation is 2. The van der Waals surface area contributed by atoms with Gasteiger partial charge in [0.25, 0.3) is 5.91 Å². The van der Waals surface area contributed by atoms with Crippen molar-refractivity contribution < 1.29 is 14.7 Å². The maximum Gasteiger partial charge on any atom is 0.352 e. The second-order valence-corrected chi connectivity index (χ2v) is 4.57. The van der Waals surface area contributed by atoms with E-state index in [2.05, 4.69) is 15.3 Å². The van der Waals surface area contributed by atoms with Crippen LogP contribution in [0.2, 0.25) is 0 Å². The Bertz CT molecular complexity index is 672. The van der Waals surface area contributed by atoms with Crippen molar-refractivity contribution >= 4 is 17.6 Å². The van der Waals surface area contributed by atoms with Crippen LogP contribution in [0, 0.1) is 20.8 Å². The van der Waals surface area contributed by atoms with Crippen LogP contribution >= 0.6 is 0 Å². The monoisotopic (exact) mass is 273 g/mol. The van der Waals surface area contributed by atoms with E-state index in [0.29, 0.717) is 22.5 Å². The molecule has 104 valence electrons. The Kier molecular flexibility index (Phi) is 3.56. The number of anilines is 1. The number of nitrogens with zero attached hydrogens (tertiary/aromatic N) is 1. The van der Waals surface area contributed by atoms with Gasteiger partial charge in [0.05, 0.1) is 17.4 Å². The number of aromatic amines is 1. The molecule has 3 N–H and O–H groups in total. The standard InChI is InChI=1S/C14H15N3O3/c1-7-4-5-10(6-15-7)17-13(18)11-8(2)12(14(19)20)16-9(11)3/h4-6,16H,1-3H3,(H,17,18)(H,19,20). The summed E-state index contributed by atoms with van der Waals surface area (Å²) in [7, 11) is 0. The third-order valence-electron chi connectivity index (χ3n) is 3.05. The van der Waals surface area contributed by atoms with E-state index in [9.17, 15) is 9.59 Å². The molecule has 0 aromatic carbocycles. The van der Waals surface area contributed by atoms with Gasteiger partial charge >= 0.3 is 5.97 Å². The van der Waals surface area contributed by atoms with E-state index in [1.54, 1.807) is 32.2 Å². The number of H-pyrrole nitrogens is 1. The molecule has 0 aliphatic heterocycles. The number of hydrogen-bond donors (Lipinski definition) is 3. The van der Waals surface area contributed by atoms with Crippen LogP contribution in [0.15, 0.2) is 18.3 Å². The third-order valence-corrected chi connectivity index (χ3v) is 3.05. The topological polar surface area (TPSA) is 95.1 Å². The summed E-state index contributed by atoms with van der Waals surface area (Å²) >= 11 is 0. The molecule has 2 rings (SSSR count). The largest absolute Gasteiger partial charge is 0.477 e. The minimum atomic E-state index is -1.08. The summed E-state index contributed by atoms with van der Waals surface area (Å²) in [6.07, 6.45) is 1.56. The van der Waals surface area contributed by atoms with Crippen molar-refractivity contribution in [2.24, 2.45) is 0 Å². The van der Waals surface area contributed by atoms with Gasteiger partial charge in [-0.15, -0.1) is 0 Å². The van der Waals surface area contributed by atoms with Crippen LogP contribution in [0.5, 0.6) is 0 Å². The Balaban J connectivity index is 2.30. The lowest BCUT2D eigenvalue weighted by atomic mass is 10.1. The first-order valence-corrected chi connectivity index (χ1v) is 6.06. The van der Waals surface area contributed by atoms with Crippen LogP contribution in [-0.4, -0.2) is 27.0 Å². The third kappa shape index (κ3) is 2.54. The number of aromatic carboxylic acids is 1. The summed E-state index contributed by atoms with van der Waals surface area (Å²) in [4.78, 5) is 30.1. The quantitative estimate of drug-likeness (QED) is 0.799. The lowest BCUT2D eigenvalue weighted by Gasteiger charge is -2.06. The average molecular weight is 273 g/mol. The minimum absolute atomic E-state index is 0.0367. The fourth-order valence-corrected chi connectivity index (χ4v) is 2.04. The Morgan fingerprint density at radius 2 is 1.95 bits per heavy atom. The molecular weight excluding hydrogens is 258 g/mol. The molecule has 20 heavy (non-hydrogen) atoms. The number of rotatable bonds is 3. The van der Waals surface area contributed by atoms with Gasteiger partial charge in [0.1, 0.15) is 5.69 Å². The van der Waals surface area contributed by atoms with Crippen molar-refractivity contribution in [1.29, 1.82) is 0 Å². The number of carboxylic acids is 1. The van der Waals surface area contributed by atoms with Crippen molar-refractivity contribution in [2.75, 3.05) is 5.32 Å². The van der Waals surface area contributed by atoms with Gasteiger partial charge in [-0.1, -0.05) is 0 Å². The molecule has 0 bridgehead atoms. The molecule has 0 atom stereocenters. The molecular formula is C14H15N3O3. The molecule has 2 aromatic heterocycles. The molecule has 0 unspecified atom stereocenters. The Morgan fingerprint density at radius 1 is 1.25 bits per heavy atom. The number of aromatic nitrogens is 2. The van der Waals surface area contributed by atoms with Crippen molar-refractivity contribution in [3.05, 3.63) is 46.5 Å². The van der Waals surface area contributed by atoms with Gasteiger partial charge in [0.15, 0.2) is 0 Å². The van der Waals surface area contributed by atoms with Crippen molar-refractivity contribution in [1.82, 2.24) is 9.97 Å². The zero-order valence-electron chi connectivity index (χ0n) is 11.4. The average Bonchev–Trinajstić information content (AvgIpc) is 2.68. The molecule has 0 fully saturated rings. The van der Waals surface area contributed by atoms with Crippen LogP contribution < -0.4 is 5.32 Å². The number of carbonyl (C=O) groups is 2. The first kappa shape index (κ1) is 13.8. The van der Waals surface area contributed by atoms with Crippen molar-refractivity contribution in [2.45, 2.75) is 20.8 Å². The highest BCUT2D eigenvalue weighted by atomic mass is 16.4. The lowest BCUT2D eigenvalue weighted by molar-refractivity contribution is 0.0690. The smallest absolute Gasteiger partial charge is 0.352 e. The zero-order chi connectivity index (χ0) is 14.9. The molecule has 6 heteroatoms. The first-order chi connectivity index (χ1) is 9.40. The van der Waals surface area contributed by atoms with Gasteiger partial charge in [-0.25, -0.2) is 4.79 Å². The summed E-state index contributed by atoms with van der Waals surface area (Å²) in [5, 5.41) is 11.7. The van der Waals surface area contributed by atoms with Gasteiger partial charge in [0.2, 0.25) is 0 Å². The highest BCUT2D eigenvalue weighted by molar-refractivity contribution is 6.08. The predicted molar refractivity (Wildman–Crippen MR) is 74.2 cm³/mol. The molecule has 0 spiro atoms. The Labute approximate surface area is 115 Å². The number of pyridine rings is 1. The van der Waals surface area contributed by atoms with Crippen molar-refractivity contribution in [3.63, 3.8) is 0 Å². The van der Waals surface area contributed by atoms with Gasteiger partial charge in [-0.3, -0.25) is 9.78 Å². The normalized spacial score (nSPS) is 10.3. The fraction of sp³-hybridized carbons (Fsp3) is 0.214. The van der Waals surface area contributed by atoms with Crippen LogP contribution in [0.1, 0.15) is 37.8 Å². The fourth-order valence-electron chi connectivity index (χ4n) is 2.04. The van der Waals surface area contributed by atoms with Crippen LogP contribution in [0.4, 0.5) is 5.69 Å². The highest BCUT2D eigenvalue weighted by Crippen LogP contribution is 2.19. The zero-order valence-corrected chi connectivity index (χ0v) is 11.4. The first-order valence-electron chi connectivity index (χ1n) is 6.06. The van der Waals surface area contributed by atoms with Crippen LogP contribution in [-0.2, 0) is 0 Å². The number of nitrogens with one attached hydrogen (secondary N) is 2. The summed E-state index contributed by atoms with van der Waals surface area (Å²) < 4.78 is 0. The van der Waals surface area contributed by atoms with Crippen molar-refractivity contribution in [3.8, 4) is 0 Å². The number of amides is 1. The molecule has 0 saturated carbocycles. The predicted octanol–water partition coefficient (Wildman–Crippen LogP) is 2.29. The maximum atomic E-state index is 12.2. The van der Waals surface area contributed by atoms with Gasteiger partial charge in [-0.05, 0) is 38.5 Å². The molecule has 0 aliphatic rings. The molecule has 1 amide bonds. The maximum absolute atomic E-state index is 12.2. The second kappa shape index (κ2) is 5.16. The molecule has 2 heterocycles. The molecule has 0 radical (unpaired) electrons. The van der Waals surface area contributed by atoms with Crippen LogP contribution in [0.3, 0.4) is 0 Å². The van der Waals surface area contributed by atoms with Gasteiger partial charge < -0.3 is 15.4 Å². The Hall–Kier alpha value is -2.63. The number of hydrogen-bond acceptors (Lipinski definition) is 3. The van der Waals surface area contributed by atoms with Gasteiger partial charge in [-0.2, -0.15) is 0 Å². The van der Waals surface area contributed by atoms with Crippen LogP contribution in [0.25, 0.3) is 0 Å². The number of carbonyl (C=O) groups excluding carboxylic acids is 1. The molecule has 6 nitrogen and oxygen atoms in total.